The van der Waals surface area contributed by atoms with Crippen molar-refractivity contribution >= 4 is 29.3 Å². The fourth-order valence-corrected chi connectivity index (χ4v) is 2.91. The Balaban J connectivity index is 1.98. The summed E-state index contributed by atoms with van der Waals surface area (Å²) in [5.74, 6) is -0.454. The number of rotatable bonds is 7. The molecule has 1 aromatic carbocycles. The summed E-state index contributed by atoms with van der Waals surface area (Å²) in [6.07, 6.45) is 2.40. The minimum atomic E-state index is -0.368. The Kier molecular flexibility index (Phi) is 6.81. The van der Waals surface area contributed by atoms with E-state index in [9.17, 15) is 9.59 Å². The van der Waals surface area contributed by atoms with Gasteiger partial charge in [0.1, 0.15) is 0 Å². The minimum absolute atomic E-state index is 0.0861. The van der Waals surface area contributed by atoms with Crippen molar-refractivity contribution in [1.82, 2.24) is 4.98 Å². The van der Waals surface area contributed by atoms with E-state index in [1.54, 1.807) is 37.4 Å². The molecule has 6 heteroatoms. The fourth-order valence-electron chi connectivity index (χ4n) is 2.01. The third-order valence-electron chi connectivity index (χ3n) is 3.23. The van der Waals surface area contributed by atoms with Crippen molar-refractivity contribution in [3.63, 3.8) is 0 Å². The van der Waals surface area contributed by atoms with Gasteiger partial charge in [0.05, 0.1) is 22.4 Å². The zero-order chi connectivity index (χ0) is 17.4. The summed E-state index contributed by atoms with van der Waals surface area (Å²) < 4.78 is 4.93. The molecule has 0 saturated heterocycles. The molecule has 1 atom stereocenters. The average Bonchev–Trinajstić information content (AvgIpc) is 2.61. The first-order chi connectivity index (χ1) is 11.6. The predicted molar refractivity (Wildman–Crippen MR) is 95.2 cm³/mol. The highest BCUT2D eigenvalue weighted by Crippen LogP contribution is 2.24. The lowest BCUT2D eigenvalue weighted by molar-refractivity contribution is -0.115. The van der Waals surface area contributed by atoms with Crippen LogP contribution >= 0.6 is 11.8 Å². The highest BCUT2D eigenvalue weighted by Gasteiger charge is 2.18. The van der Waals surface area contributed by atoms with E-state index < -0.39 is 0 Å². The molecule has 0 aliphatic heterocycles. The molecule has 1 amide bonds. The number of thioether (sulfide) groups is 1. The monoisotopic (exact) mass is 344 g/mol. The standard InChI is InChI=1S/C18H20N2O3S/c1-3-15(24-16-7-5-6-12-19-16)17(21)20-14-10-8-13(9-11-14)18(22)23-4-2/h5-12,15H,3-4H2,1-2H3,(H,20,21). The molecule has 2 aromatic rings. The maximum atomic E-state index is 12.4. The number of anilines is 1. The number of nitrogens with one attached hydrogen (secondary N) is 1. The number of carbonyl (C=O) groups is 2. The number of ether oxygens (including phenoxy) is 1. The fraction of sp³-hybridized carbons (Fsp3) is 0.278. The topological polar surface area (TPSA) is 68.3 Å². The molecule has 1 unspecified atom stereocenters. The molecule has 5 nitrogen and oxygen atoms in total. The van der Waals surface area contributed by atoms with Gasteiger partial charge in [-0.15, -0.1) is 0 Å². The van der Waals surface area contributed by atoms with E-state index in [-0.39, 0.29) is 17.1 Å². The first-order valence-corrected chi connectivity index (χ1v) is 8.67. The number of hydrogen-bond acceptors (Lipinski definition) is 5. The first-order valence-electron chi connectivity index (χ1n) is 7.79. The van der Waals surface area contributed by atoms with Gasteiger partial charge in [-0.1, -0.05) is 24.8 Å². The Bertz CT molecular complexity index is 674. The van der Waals surface area contributed by atoms with Crippen molar-refractivity contribution < 1.29 is 14.3 Å². The van der Waals surface area contributed by atoms with Gasteiger partial charge in [0.2, 0.25) is 5.91 Å². The molecular weight excluding hydrogens is 324 g/mol. The molecule has 126 valence electrons. The van der Waals surface area contributed by atoms with Crippen LogP contribution in [0.3, 0.4) is 0 Å². The second-order valence-electron chi connectivity index (χ2n) is 4.97. The van der Waals surface area contributed by atoms with Crippen LogP contribution in [-0.2, 0) is 9.53 Å². The van der Waals surface area contributed by atoms with E-state index >= 15 is 0 Å². The smallest absolute Gasteiger partial charge is 0.338 e. The number of pyridine rings is 1. The van der Waals surface area contributed by atoms with E-state index in [0.29, 0.717) is 24.3 Å². The van der Waals surface area contributed by atoms with Gasteiger partial charge in [-0.3, -0.25) is 4.79 Å². The van der Waals surface area contributed by atoms with E-state index in [1.165, 1.54) is 11.8 Å². The Labute approximate surface area is 145 Å². The number of aromatic nitrogens is 1. The van der Waals surface area contributed by atoms with E-state index in [4.69, 9.17) is 4.74 Å². The lowest BCUT2D eigenvalue weighted by atomic mass is 10.2. The molecule has 1 aromatic heterocycles. The zero-order valence-corrected chi connectivity index (χ0v) is 14.5. The number of benzene rings is 1. The molecule has 2 rings (SSSR count). The van der Waals surface area contributed by atoms with Crippen LogP contribution in [0.25, 0.3) is 0 Å². The lowest BCUT2D eigenvalue weighted by Crippen LogP contribution is -2.24. The largest absolute Gasteiger partial charge is 0.462 e. The lowest BCUT2D eigenvalue weighted by Gasteiger charge is -2.14. The maximum absolute atomic E-state index is 12.4. The summed E-state index contributed by atoms with van der Waals surface area (Å²) in [7, 11) is 0. The number of amides is 1. The number of esters is 1. The van der Waals surface area contributed by atoms with Crippen LogP contribution in [0.5, 0.6) is 0 Å². The predicted octanol–water partition coefficient (Wildman–Crippen LogP) is 3.77. The molecule has 24 heavy (non-hydrogen) atoms. The molecule has 1 heterocycles. The Morgan fingerprint density at radius 1 is 1.17 bits per heavy atom. The normalized spacial score (nSPS) is 11.6. The molecule has 0 aliphatic rings. The number of nitrogens with zero attached hydrogens (tertiary/aromatic N) is 1. The van der Waals surface area contributed by atoms with Crippen LogP contribution in [0.2, 0.25) is 0 Å². The third kappa shape index (κ3) is 5.09. The van der Waals surface area contributed by atoms with Gasteiger partial charge in [0, 0.05) is 11.9 Å². The number of carbonyl (C=O) groups excluding carboxylic acids is 2. The van der Waals surface area contributed by atoms with E-state index in [2.05, 4.69) is 10.3 Å². The van der Waals surface area contributed by atoms with Crippen molar-refractivity contribution in [3.8, 4) is 0 Å². The molecule has 0 spiro atoms. The average molecular weight is 344 g/mol. The van der Waals surface area contributed by atoms with Gasteiger partial charge in [0.15, 0.2) is 0 Å². The van der Waals surface area contributed by atoms with Crippen LogP contribution in [-0.4, -0.2) is 28.7 Å². The van der Waals surface area contributed by atoms with E-state index in [1.807, 2.05) is 25.1 Å². The summed E-state index contributed by atoms with van der Waals surface area (Å²) in [4.78, 5) is 28.3. The molecular formula is C18H20N2O3S. The minimum Gasteiger partial charge on any atom is -0.462 e. The summed E-state index contributed by atoms with van der Waals surface area (Å²) in [5, 5.41) is 3.46. The zero-order valence-electron chi connectivity index (χ0n) is 13.7. The van der Waals surface area contributed by atoms with Crippen molar-refractivity contribution in [2.24, 2.45) is 0 Å². The highest BCUT2D eigenvalue weighted by atomic mass is 32.2. The van der Waals surface area contributed by atoms with E-state index in [0.717, 1.165) is 5.03 Å². The van der Waals surface area contributed by atoms with Crippen molar-refractivity contribution in [2.45, 2.75) is 30.5 Å². The van der Waals surface area contributed by atoms with Gasteiger partial charge in [-0.25, -0.2) is 9.78 Å². The summed E-state index contributed by atoms with van der Waals surface area (Å²) in [5.41, 5.74) is 1.11. The van der Waals surface area contributed by atoms with Crippen LogP contribution in [0.1, 0.15) is 30.6 Å². The first kappa shape index (κ1) is 18.0. The molecule has 1 N–H and O–H groups in total. The molecule has 0 fully saturated rings. The second-order valence-corrected chi connectivity index (χ2v) is 6.19. The van der Waals surface area contributed by atoms with Crippen molar-refractivity contribution in [1.29, 1.82) is 0 Å². The number of hydrogen-bond donors (Lipinski definition) is 1. The Hall–Kier alpha value is -2.34. The Morgan fingerprint density at radius 3 is 2.50 bits per heavy atom. The highest BCUT2D eigenvalue weighted by molar-refractivity contribution is 8.00. The SMILES string of the molecule is CCOC(=O)c1ccc(NC(=O)C(CC)Sc2ccccn2)cc1. The maximum Gasteiger partial charge on any atom is 0.338 e. The Morgan fingerprint density at radius 2 is 1.92 bits per heavy atom. The van der Waals surface area contributed by atoms with Crippen molar-refractivity contribution in [2.75, 3.05) is 11.9 Å². The third-order valence-corrected chi connectivity index (χ3v) is 4.54. The summed E-state index contributed by atoms with van der Waals surface area (Å²) in [6.45, 7) is 4.06. The quantitative estimate of drug-likeness (QED) is 0.612. The van der Waals surface area contributed by atoms with Gasteiger partial charge in [0.25, 0.3) is 0 Å². The van der Waals surface area contributed by atoms with Crippen LogP contribution in [0, 0.1) is 0 Å². The molecule has 0 bridgehead atoms. The van der Waals surface area contributed by atoms with Gasteiger partial charge in [-0.05, 0) is 49.7 Å². The van der Waals surface area contributed by atoms with Gasteiger partial charge in [-0.2, -0.15) is 0 Å². The van der Waals surface area contributed by atoms with Crippen molar-refractivity contribution in [3.05, 3.63) is 54.2 Å². The van der Waals surface area contributed by atoms with Crippen LogP contribution in [0.15, 0.2) is 53.7 Å². The molecule has 0 saturated carbocycles. The molecule has 0 radical (unpaired) electrons. The van der Waals surface area contributed by atoms with Gasteiger partial charge >= 0.3 is 5.97 Å². The van der Waals surface area contributed by atoms with Gasteiger partial charge < -0.3 is 10.1 Å². The van der Waals surface area contributed by atoms with Crippen LogP contribution < -0.4 is 5.32 Å². The van der Waals surface area contributed by atoms with Crippen LogP contribution in [0.4, 0.5) is 5.69 Å². The second kappa shape index (κ2) is 9.08. The summed E-state index contributed by atoms with van der Waals surface area (Å²) >= 11 is 1.43. The summed E-state index contributed by atoms with van der Waals surface area (Å²) in [6, 6.07) is 12.3. The molecule has 0 aliphatic carbocycles.